The molecule has 19 heteroatoms. The minimum atomic E-state index is -0.623. The van der Waals surface area contributed by atoms with Gasteiger partial charge in [0.25, 0.3) is 11.8 Å². The van der Waals surface area contributed by atoms with E-state index in [-0.39, 0.29) is 68.6 Å². The van der Waals surface area contributed by atoms with Gasteiger partial charge in [-0.2, -0.15) is 34.5 Å². The summed E-state index contributed by atoms with van der Waals surface area (Å²) in [6, 6.07) is 15.6. The number of aromatic nitrogens is 8. The van der Waals surface area contributed by atoms with E-state index in [1.807, 2.05) is 35.0 Å². The Kier molecular flexibility index (Phi) is 12.7. The largest absolute Gasteiger partial charge is 0.376 e. The molecular formula is C33H34BN12O4VW-2. The Labute approximate surface area is 325 Å². The summed E-state index contributed by atoms with van der Waals surface area (Å²) >= 11 is 0. The molecule has 4 aromatic heterocycles. The number of carbonyl (C=O) groups excluding carboxylic acids is 4. The van der Waals surface area contributed by atoms with Crippen LogP contribution in [0.1, 0.15) is 66.9 Å². The first-order valence-corrected chi connectivity index (χ1v) is 15.9. The van der Waals surface area contributed by atoms with E-state index in [2.05, 4.69) is 42.9 Å². The summed E-state index contributed by atoms with van der Waals surface area (Å²) in [5.41, 5.74) is 15.6. The third-order valence-corrected chi connectivity index (χ3v) is 8.06. The van der Waals surface area contributed by atoms with Gasteiger partial charge in [-0.15, -0.1) is 12.1 Å². The van der Waals surface area contributed by atoms with E-state index in [4.69, 9.17) is 11.5 Å². The fourth-order valence-corrected chi connectivity index (χ4v) is 5.70. The Hall–Kier alpha value is -4.98. The number of hydrogen-bond donors (Lipinski definition) is 4. The summed E-state index contributed by atoms with van der Waals surface area (Å²) in [5.74, 6) is -1.52. The molecule has 0 aliphatic carbocycles. The molecule has 0 fully saturated rings. The van der Waals surface area contributed by atoms with Crippen LogP contribution in [0.4, 0.5) is 11.9 Å². The van der Waals surface area contributed by atoms with Crippen LogP contribution in [-0.2, 0) is 65.7 Å². The van der Waals surface area contributed by atoms with Crippen molar-refractivity contribution in [2.24, 2.45) is 11.5 Å². The first kappa shape index (κ1) is 39.8. The number of nitrogens with two attached hydrogens (primary N) is 2. The van der Waals surface area contributed by atoms with E-state index in [0.717, 1.165) is 0 Å². The number of amides is 4. The Morgan fingerprint density at radius 1 is 0.750 bits per heavy atom. The van der Waals surface area contributed by atoms with Crippen LogP contribution in [0.15, 0.2) is 36.4 Å². The van der Waals surface area contributed by atoms with Gasteiger partial charge in [-0.1, -0.05) is 17.4 Å². The Bertz CT molecular complexity index is 2150. The van der Waals surface area contributed by atoms with Crippen LogP contribution < -0.4 is 22.1 Å². The van der Waals surface area contributed by atoms with Crippen molar-refractivity contribution in [1.29, 1.82) is 0 Å². The van der Waals surface area contributed by atoms with Gasteiger partial charge in [0, 0.05) is 59.3 Å². The Morgan fingerprint density at radius 2 is 1.19 bits per heavy atom. The molecule has 0 saturated carbocycles. The number of rotatable bonds is 13. The second kappa shape index (κ2) is 16.6. The molecule has 4 heterocycles. The summed E-state index contributed by atoms with van der Waals surface area (Å²) < 4.78 is 6.77. The first-order chi connectivity index (χ1) is 24.0. The summed E-state index contributed by atoms with van der Waals surface area (Å²) in [5, 5.41) is 14.5. The molecule has 4 amide bonds. The van der Waals surface area contributed by atoms with E-state index in [1.165, 1.54) is 12.1 Å². The molecule has 0 spiro atoms. The zero-order chi connectivity index (χ0) is 35.7. The molecule has 0 aliphatic heterocycles. The average Bonchev–Trinajstić information content (AvgIpc) is 3.84. The van der Waals surface area contributed by atoms with Crippen molar-refractivity contribution in [3.05, 3.63) is 82.4 Å². The van der Waals surface area contributed by atoms with Crippen molar-refractivity contribution in [2.45, 2.75) is 60.1 Å². The van der Waals surface area contributed by atoms with E-state index in [9.17, 15) is 19.2 Å². The number of anilines is 2. The zero-order valence-electron chi connectivity index (χ0n) is 28.8. The molecule has 6 N–H and O–H groups in total. The summed E-state index contributed by atoms with van der Waals surface area (Å²) in [7, 11) is 1.97. The third kappa shape index (κ3) is 8.06. The van der Waals surface area contributed by atoms with E-state index in [1.54, 1.807) is 42.8 Å². The van der Waals surface area contributed by atoms with Gasteiger partial charge in [0.15, 0.2) is 23.7 Å². The molecule has 0 atom stereocenters. The van der Waals surface area contributed by atoms with Crippen LogP contribution in [0.2, 0.25) is 6.32 Å². The molecule has 2 radical (unpaired) electrons. The van der Waals surface area contributed by atoms with Gasteiger partial charge < -0.3 is 20.6 Å². The second-order valence-corrected chi connectivity index (χ2v) is 11.6. The average molecular weight is 908 g/mol. The third-order valence-electron chi connectivity index (χ3n) is 8.06. The number of hydrogen-bond acceptors (Lipinski definition) is 8. The van der Waals surface area contributed by atoms with Gasteiger partial charge >= 0.3 is 0 Å². The standard InChI is InChI=1S/C33H34BN12O4.V.W/c1-5-45-26(13-18(3)41-45)30(49)39-32-37-22-15-20(28(35)47)7-9-24(22)43(32)12-11-34-17-44-25-10-8-21(29(36)48)16-23(25)38-33(44)40-31(50)27-14-19(4)42-46(27)6-2;;/h7-8,13-16H,5-6,11-12,17H2,1-4H3,(H2,35,47)(H2,36,48)(H,37,39,49)(H,38,40,50);;/q-2;;. The van der Waals surface area contributed by atoms with Gasteiger partial charge in [-0.3, -0.25) is 49.1 Å². The minimum Gasteiger partial charge on any atom is -0.376 e. The monoisotopic (exact) mass is 908 g/mol. The number of fused-ring (bicyclic) bond motifs is 2. The first-order valence-electron chi connectivity index (χ1n) is 15.9. The van der Waals surface area contributed by atoms with Gasteiger partial charge in [0.1, 0.15) is 18.7 Å². The van der Waals surface area contributed by atoms with Crippen LogP contribution >= 0.6 is 0 Å². The normalized spacial score (nSPS) is 10.8. The van der Waals surface area contributed by atoms with Crippen LogP contribution in [0.25, 0.3) is 22.1 Å². The number of benzene rings is 2. The number of nitrogens with zero attached hydrogens (tertiary/aromatic N) is 8. The number of imidazole rings is 2. The fourth-order valence-electron chi connectivity index (χ4n) is 5.70. The van der Waals surface area contributed by atoms with E-state index in [0.29, 0.717) is 77.2 Å². The molecule has 16 nitrogen and oxygen atoms in total. The van der Waals surface area contributed by atoms with Crippen molar-refractivity contribution in [2.75, 3.05) is 10.6 Å². The van der Waals surface area contributed by atoms with Crippen LogP contribution in [0.5, 0.6) is 0 Å². The van der Waals surface area contributed by atoms with Crippen LogP contribution in [0, 0.1) is 26.0 Å². The topological polar surface area (TPSA) is 216 Å². The number of carbonyl (C=O) groups is 4. The number of nitrogens with one attached hydrogen (secondary N) is 2. The smallest absolute Gasteiger partial charge is 0.276 e. The molecule has 266 valence electrons. The summed E-state index contributed by atoms with van der Waals surface area (Å²) in [6.07, 6.45) is 0.767. The van der Waals surface area contributed by atoms with Gasteiger partial charge in [-0.25, -0.2) is 0 Å². The van der Waals surface area contributed by atoms with Gasteiger partial charge in [0.05, 0.1) is 11.4 Å². The van der Waals surface area contributed by atoms with Gasteiger partial charge in [0.2, 0.25) is 0 Å². The summed E-state index contributed by atoms with van der Waals surface area (Å²) in [6.45, 7) is 8.78. The van der Waals surface area contributed by atoms with Crippen molar-refractivity contribution < 1.29 is 58.8 Å². The molecule has 0 bridgehead atoms. The van der Waals surface area contributed by atoms with E-state index >= 15 is 0 Å². The maximum atomic E-state index is 13.4. The predicted molar refractivity (Wildman–Crippen MR) is 186 cm³/mol. The Morgan fingerprint density at radius 3 is 1.63 bits per heavy atom. The molecule has 6 aromatic rings. The Balaban J connectivity index is 0.00000302. The van der Waals surface area contributed by atoms with E-state index < -0.39 is 17.7 Å². The quantitative estimate of drug-likeness (QED) is 0.0766. The number of primary amides is 2. The number of aryl methyl sites for hydroxylation is 5. The zero-order valence-corrected chi connectivity index (χ0v) is 33.1. The van der Waals surface area contributed by atoms with Crippen molar-refractivity contribution in [1.82, 2.24) is 38.7 Å². The molecular weight excluding hydrogens is 874 g/mol. The molecule has 6 rings (SSSR count). The van der Waals surface area contributed by atoms with Crippen molar-refractivity contribution >= 4 is 64.9 Å². The SMILES string of the molecule is CCn1nc(C)cc1C(=O)Nc1nc2cc(C(N)=O)c[c-]c2n1C[B]CCn1c(NC(=O)c2cc(C)nn2CC)nc2cc(C(N)=O)c[c-]c21.[V].[W]. The van der Waals surface area contributed by atoms with Gasteiger partial charge in [-0.05, 0) is 68.3 Å². The van der Waals surface area contributed by atoms with Crippen molar-refractivity contribution in [3.8, 4) is 0 Å². The summed E-state index contributed by atoms with van der Waals surface area (Å²) in [4.78, 5) is 59.6. The molecule has 0 unspecified atom stereocenters. The molecule has 0 aliphatic rings. The second-order valence-electron chi connectivity index (χ2n) is 11.6. The predicted octanol–water partition coefficient (Wildman–Crippen LogP) is 2.51. The van der Waals surface area contributed by atoms with Crippen molar-refractivity contribution in [3.63, 3.8) is 0 Å². The molecule has 0 saturated heterocycles. The maximum absolute atomic E-state index is 13.4. The minimum absolute atomic E-state index is 0. The molecule has 52 heavy (non-hydrogen) atoms. The van der Waals surface area contributed by atoms with Crippen LogP contribution in [0.3, 0.4) is 0 Å². The van der Waals surface area contributed by atoms with Crippen LogP contribution in [-0.4, -0.2) is 69.6 Å². The fraction of sp³-hybridized carbons (Fsp3) is 0.273. The maximum Gasteiger partial charge on any atom is 0.276 e. The molecule has 2 aromatic carbocycles.